The van der Waals surface area contributed by atoms with Crippen molar-refractivity contribution in [3.63, 3.8) is 0 Å². The Labute approximate surface area is 160 Å². The number of rotatable bonds is 21. The van der Waals surface area contributed by atoms with Crippen molar-refractivity contribution in [1.82, 2.24) is 4.90 Å². The van der Waals surface area contributed by atoms with Crippen LogP contribution >= 0.6 is 0 Å². The van der Waals surface area contributed by atoms with Crippen molar-refractivity contribution in [3.05, 3.63) is 0 Å². The van der Waals surface area contributed by atoms with Crippen molar-refractivity contribution in [2.75, 3.05) is 26.9 Å². The lowest BCUT2D eigenvalue weighted by molar-refractivity contribution is 0.0409. The third-order valence-corrected chi connectivity index (χ3v) is 5.06. The molecule has 0 aromatic carbocycles. The van der Waals surface area contributed by atoms with E-state index in [9.17, 15) is 0 Å². The fourth-order valence-corrected chi connectivity index (χ4v) is 3.42. The molecule has 25 heavy (non-hydrogen) atoms. The molecule has 0 atom stereocenters. The van der Waals surface area contributed by atoms with Crippen molar-refractivity contribution in [3.8, 4) is 0 Å². The summed E-state index contributed by atoms with van der Waals surface area (Å²) in [6, 6.07) is 0. The van der Waals surface area contributed by atoms with Crippen LogP contribution in [-0.2, 0) is 4.74 Å². The van der Waals surface area contributed by atoms with Gasteiger partial charge in [-0.05, 0) is 26.4 Å². The maximum Gasteiger partial charge on any atom is 0.0987 e. The van der Waals surface area contributed by atoms with Crippen LogP contribution in [-0.4, -0.2) is 31.8 Å². The molecule has 0 aliphatic carbocycles. The summed E-state index contributed by atoms with van der Waals surface area (Å²) in [7, 11) is 2.14. The molecule has 0 rings (SSSR count). The molecule has 0 aliphatic heterocycles. The Balaban J connectivity index is 3.00. The van der Waals surface area contributed by atoms with Gasteiger partial charge in [0.25, 0.3) is 0 Å². The van der Waals surface area contributed by atoms with Crippen LogP contribution in [0.1, 0.15) is 123 Å². The summed E-state index contributed by atoms with van der Waals surface area (Å²) in [6.07, 6.45) is 24.0. The van der Waals surface area contributed by atoms with Crippen molar-refractivity contribution in [1.29, 1.82) is 0 Å². The van der Waals surface area contributed by atoms with Crippen LogP contribution in [0.15, 0.2) is 0 Å². The molecule has 0 heterocycles. The van der Waals surface area contributed by atoms with E-state index < -0.39 is 0 Å². The Morgan fingerprint density at radius 2 is 0.920 bits per heavy atom. The highest BCUT2D eigenvalue weighted by Crippen LogP contribution is 2.13. The lowest BCUT2D eigenvalue weighted by Crippen LogP contribution is -2.22. The van der Waals surface area contributed by atoms with Crippen LogP contribution in [0.25, 0.3) is 0 Å². The lowest BCUT2D eigenvalue weighted by atomic mass is 10.0. The first-order valence-electron chi connectivity index (χ1n) is 11.6. The molecular formula is C23H49NO. The van der Waals surface area contributed by atoms with E-state index in [0.29, 0.717) is 0 Å². The van der Waals surface area contributed by atoms with Crippen LogP contribution in [0.5, 0.6) is 0 Å². The molecule has 0 saturated carbocycles. The normalized spacial score (nSPS) is 11.5. The molecular weight excluding hydrogens is 306 g/mol. The molecule has 0 amide bonds. The number of ether oxygens (including phenoxy) is 1. The SMILES string of the molecule is CCCCCCCCCCCCCCCCCCOCN(C)CCC. The van der Waals surface area contributed by atoms with Gasteiger partial charge in [-0.1, -0.05) is 110 Å². The van der Waals surface area contributed by atoms with E-state index >= 15 is 0 Å². The van der Waals surface area contributed by atoms with E-state index in [1.807, 2.05) is 0 Å². The average molecular weight is 356 g/mol. The highest BCUT2D eigenvalue weighted by Gasteiger charge is 1.97. The third-order valence-electron chi connectivity index (χ3n) is 5.06. The number of unbranched alkanes of at least 4 members (excludes halogenated alkanes) is 15. The summed E-state index contributed by atoms with van der Waals surface area (Å²) in [5.74, 6) is 0. The topological polar surface area (TPSA) is 12.5 Å². The maximum atomic E-state index is 5.69. The Morgan fingerprint density at radius 1 is 0.520 bits per heavy atom. The first kappa shape index (κ1) is 24.9. The molecule has 0 spiro atoms. The highest BCUT2D eigenvalue weighted by molar-refractivity contribution is 4.50. The van der Waals surface area contributed by atoms with Gasteiger partial charge < -0.3 is 4.74 Å². The molecule has 2 nitrogen and oxygen atoms in total. The zero-order chi connectivity index (χ0) is 18.4. The van der Waals surface area contributed by atoms with Gasteiger partial charge in [0.05, 0.1) is 6.73 Å². The summed E-state index contributed by atoms with van der Waals surface area (Å²) in [6.45, 7) is 7.38. The molecule has 0 unspecified atom stereocenters. The molecule has 0 aromatic heterocycles. The van der Waals surface area contributed by atoms with E-state index in [2.05, 4.69) is 25.8 Å². The molecule has 152 valence electrons. The van der Waals surface area contributed by atoms with Crippen molar-refractivity contribution in [2.24, 2.45) is 0 Å². The van der Waals surface area contributed by atoms with E-state index in [1.54, 1.807) is 0 Å². The largest absolute Gasteiger partial charge is 0.366 e. The first-order valence-corrected chi connectivity index (χ1v) is 11.6. The second-order valence-electron chi connectivity index (χ2n) is 7.92. The van der Waals surface area contributed by atoms with Crippen molar-refractivity contribution >= 4 is 0 Å². The third kappa shape index (κ3) is 21.9. The lowest BCUT2D eigenvalue weighted by Gasteiger charge is -2.15. The van der Waals surface area contributed by atoms with Gasteiger partial charge in [-0.2, -0.15) is 0 Å². The minimum Gasteiger partial charge on any atom is -0.366 e. The molecule has 0 radical (unpaired) electrons. The minimum absolute atomic E-state index is 0.798. The smallest absolute Gasteiger partial charge is 0.0987 e. The number of hydrogen-bond acceptors (Lipinski definition) is 2. The van der Waals surface area contributed by atoms with Gasteiger partial charge in [0, 0.05) is 6.61 Å². The molecule has 0 aromatic rings. The number of hydrogen-bond donors (Lipinski definition) is 0. The minimum atomic E-state index is 0.798. The van der Waals surface area contributed by atoms with Crippen LogP contribution in [0.2, 0.25) is 0 Å². The monoisotopic (exact) mass is 355 g/mol. The van der Waals surface area contributed by atoms with Gasteiger partial charge in [0.1, 0.15) is 0 Å². The summed E-state index contributed by atoms with van der Waals surface area (Å²) in [4.78, 5) is 2.26. The highest BCUT2D eigenvalue weighted by atomic mass is 16.5. The van der Waals surface area contributed by atoms with Crippen molar-refractivity contribution in [2.45, 2.75) is 123 Å². The van der Waals surface area contributed by atoms with E-state index in [-0.39, 0.29) is 0 Å². The second kappa shape index (κ2) is 22.0. The second-order valence-corrected chi connectivity index (χ2v) is 7.92. The Morgan fingerprint density at radius 3 is 1.32 bits per heavy atom. The molecule has 0 bridgehead atoms. The van der Waals surface area contributed by atoms with E-state index in [1.165, 1.54) is 109 Å². The molecule has 0 saturated heterocycles. The van der Waals surface area contributed by atoms with Gasteiger partial charge in [0.2, 0.25) is 0 Å². The van der Waals surface area contributed by atoms with Gasteiger partial charge in [0.15, 0.2) is 0 Å². The standard InChI is InChI=1S/C23H49NO/c1-4-6-7-8-9-10-11-12-13-14-15-16-17-18-19-20-22-25-23-24(3)21-5-2/h4-23H2,1-3H3. The van der Waals surface area contributed by atoms with Crippen LogP contribution in [0.3, 0.4) is 0 Å². The molecule has 0 fully saturated rings. The Hall–Kier alpha value is -0.0800. The molecule has 0 aliphatic rings. The fraction of sp³-hybridized carbons (Fsp3) is 1.00. The maximum absolute atomic E-state index is 5.69. The fourth-order valence-electron chi connectivity index (χ4n) is 3.42. The van der Waals surface area contributed by atoms with Gasteiger partial charge in [-0.3, -0.25) is 4.90 Å². The summed E-state index contributed by atoms with van der Waals surface area (Å²) in [5, 5.41) is 0. The zero-order valence-corrected chi connectivity index (χ0v) is 18.0. The van der Waals surface area contributed by atoms with Gasteiger partial charge >= 0.3 is 0 Å². The van der Waals surface area contributed by atoms with Crippen LogP contribution in [0, 0.1) is 0 Å². The summed E-state index contributed by atoms with van der Waals surface area (Å²) in [5.41, 5.74) is 0. The zero-order valence-electron chi connectivity index (χ0n) is 18.0. The average Bonchev–Trinajstić information content (AvgIpc) is 2.61. The number of nitrogens with zero attached hydrogens (tertiary/aromatic N) is 1. The Kier molecular flexibility index (Phi) is 21.9. The van der Waals surface area contributed by atoms with Crippen LogP contribution in [0.4, 0.5) is 0 Å². The first-order chi connectivity index (χ1) is 12.3. The molecule has 2 heteroatoms. The molecule has 0 N–H and O–H groups in total. The van der Waals surface area contributed by atoms with E-state index in [4.69, 9.17) is 4.74 Å². The van der Waals surface area contributed by atoms with E-state index in [0.717, 1.165) is 19.9 Å². The van der Waals surface area contributed by atoms with Gasteiger partial charge in [-0.15, -0.1) is 0 Å². The quantitative estimate of drug-likeness (QED) is 0.155. The van der Waals surface area contributed by atoms with Crippen molar-refractivity contribution < 1.29 is 4.74 Å². The predicted octanol–water partition coefficient (Wildman–Crippen LogP) is 7.56. The van der Waals surface area contributed by atoms with Gasteiger partial charge in [-0.25, -0.2) is 0 Å². The predicted molar refractivity (Wildman–Crippen MR) is 113 cm³/mol. The Bertz CT molecular complexity index is 232. The van der Waals surface area contributed by atoms with Crippen LogP contribution < -0.4 is 0 Å². The summed E-state index contributed by atoms with van der Waals surface area (Å²) >= 11 is 0. The summed E-state index contributed by atoms with van der Waals surface area (Å²) < 4.78 is 5.69.